The standard InChI is InChI=1S/C14H13N5O3S/c1-9-16-17-14(22-9)23-8-12(20)15-11-7-13(21)19(18-11)10-5-3-2-4-6-10/h2-6H,7-8H2,1H3,(H,15,18,20). The number of anilines is 1. The number of para-hydroxylation sites is 1. The summed E-state index contributed by atoms with van der Waals surface area (Å²) < 4.78 is 5.16. The third-order valence-corrected chi connectivity index (χ3v) is 3.71. The molecule has 0 unspecified atom stereocenters. The summed E-state index contributed by atoms with van der Waals surface area (Å²) in [7, 11) is 0. The fraction of sp³-hybridized carbons (Fsp3) is 0.214. The lowest BCUT2D eigenvalue weighted by molar-refractivity contribution is -0.117. The summed E-state index contributed by atoms with van der Waals surface area (Å²) in [6.07, 6.45) is 0.0605. The van der Waals surface area contributed by atoms with Crippen LogP contribution in [0, 0.1) is 6.92 Å². The van der Waals surface area contributed by atoms with Crippen molar-refractivity contribution in [1.29, 1.82) is 0 Å². The highest BCUT2D eigenvalue weighted by molar-refractivity contribution is 7.99. The van der Waals surface area contributed by atoms with Gasteiger partial charge in [-0.25, -0.2) is 0 Å². The molecule has 0 radical (unpaired) electrons. The van der Waals surface area contributed by atoms with Crippen LogP contribution in [0.2, 0.25) is 0 Å². The molecule has 0 atom stereocenters. The van der Waals surface area contributed by atoms with Gasteiger partial charge in [-0.15, -0.1) is 10.2 Å². The lowest BCUT2D eigenvalue weighted by Gasteiger charge is -2.10. The van der Waals surface area contributed by atoms with Gasteiger partial charge in [0.05, 0.1) is 17.9 Å². The van der Waals surface area contributed by atoms with E-state index in [1.54, 1.807) is 19.1 Å². The number of carbonyl (C=O) groups is 2. The van der Waals surface area contributed by atoms with Crippen molar-refractivity contribution >= 4 is 35.1 Å². The van der Waals surface area contributed by atoms with Crippen LogP contribution in [0.15, 0.2) is 45.1 Å². The quantitative estimate of drug-likeness (QED) is 0.849. The molecule has 23 heavy (non-hydrogen) atoms. The number of amides is 2. The normalized spacial score (nSPS) is 14.0. The second-order valence-corrected chi connectivity index (χ2v) is 5.61. The van der Waals surface area contributed by atoms with Gasteiger partial charge in [-0.1, -0.05) is 30.0 Å². The molecule has 0 fully saturated rings. The van der Waals surface area contributed by atoms with Gasteiger partial charge >= 0.3 is 0 Å². The van der Waals surface area contributed by atoms with Crippen molar-refractivity contribution < 1.29 is 14.0 Å². The van der Waals surface area contributed by atoms with Crippen LogP contribution in [0.25, 0.3) is 0 Å². The number of benzene rings is 1. The largest absolute Gasteiger partial charge is 0.416 e. The average molecular weight is 331 g/mol. The molecule has 2 aromatic rings. The highest BCUT2D eigenvalue weighted by Gasteiger charge is 2.26. The predicted octanol–water partition coefficient (Wildman–Crippen LogP) is 1.34. The summed E-state index contributed by atoms with van der Waals surface area (Å²) in [5.41, 5.74) is 0.664. The zero-order valence-corrected chi connectivity index (χ0v) is 13.0. The van der Waals surface area contributed by atoms with Crippen molar-refractivity contribution in [3.05, 3.63) is 36.2 Å². The van der Waals surface area contributed by atoms with E-state index >= 15 is 0 Å². The van der Waals surface area contributed by atoms with E-state index in [1.807, 2.05) is 18.2 Å². The topological polar surface area (TPSA) is 101 Å². The van der Waals surface area contributed by atoms with Crippen LogP contribution in [-0.4, -0.2) is 33.6 Å². The van der Waals surface area contributed by atoms with Crippen LogP contribution in [0.5, 0.6) is 0 Å². The predicted molar refractivity (Wildman–Crippen MR) is 83.9 cm³/mol. The smallest absolute Gasteiger partial charge is 0.277 e. The van der Waals surface area contributed by atoms with Gasteiger partial charge in [-0.2, -0.15) is 10.1 Å². The summed E-state index contributed by atoms with van der Waals surface area (Å²) in [5, 5.41) is 15.8. The van der Waals surface area contributed by atoms with Crippen molar-refractivity contribution in [2.75, 3.05) is 10.8 Å². The van der Waals surface area contributed by atoms with E-state index in [1.165, 1.54) is 5.01 Å². The van der Waals surface area contributed by atoms with Gasteiger partial charge in [-0.05, 0) is 12.1 Å². The van der Waals surface area contributed by atoms with E-state index < -0.39 is 0 Å². The number of nitrogens with zero attached hydrogens (tertiary/aromatic N) is 4. The van der Waals surface area contributed by atoms with E-state index in [9.17, 15) is 9.59 Å². The number of hydrazone groups is 1. The van der Waals surface area contributed by atoms with E-state index in [0.717, 1.165) is 11.8 Å². The van der Waals surface area contributed by atoms with Crippen LogP contribution in [-0.2, 0) is 9.59 Å². The van der Waals surface area contributed by atoms with E-state index in [-0.39, 0.29) is 24.0 Å². The SMILES string of the molecule is Cc1nnc(SCC(=O)NC2=NN(c3ccccc3)C(=O)C2)o1. The highest BCUT2D eigenvalue weighted by Crippen LogP contribution is 2.19. The first-order valence-corrected chi connectivity index (χ1v) is 7.78. The molecule has 9 heteroatoms. The highest BCUT2D eigenvalue weighted by atomic mass is 32.2. The molecule has 0 saturated heterocycles. The van der Waals surface area contributed by atoms with Crippen LogP contribution >= 0.6 is 11.8 Å². The average Bonchev–Trinajstić information content (AvgIpc) is 3.12. The summed E-state index contributed by atoms with van der Waals surface area (Å²) in [6, 6.07) is 9.04. The number of amidine groups is 1. The fourth-order valence-electron chi connectivity index (χ4n) is 1.93. The third kappa shape index (κ3) is 3.75. The molecule has 0 saturated carbocycles. The summed E-state index contributed by atoms with van der Waals surface area (Å²) >= 11 is 1.12. The Labute approximate surface area is 135 Å². The summed E-state index contributed by atoms with van der Waals surface area (Å²) in [6.45, 7) is 1.67. The molecule has 1 aromatic heterocycles. The number of aromatic nitrogens is 2. The Hall–Kier alpha value is -2.68. The Morgan fingerprint density at radius 3 is 2.83 bits per heavy atom. The van der Waals surface area contributed by atoms with E-state index in [0.29, 0.717) is 22.6 Å². The lowest BCUT2D eigenvalue weighted by Crippen LogP contribution is -2.31. The molecule has 118 valence electrons. The first kappa shape index (κ1) is 15.2. The molecule has 1 aliphatic rings. The third-order valence-electron chi connectivity index (χ3n) is 2.89. The van der Waals surface area contributed by atoms with Crippen LogP contribution in [0.3, 0.4) is 0 Å². The number of aryl methyl sites for hydroxylation is 1. The Balaban J connectivity index is 1.57. The summed E-state index contributed by atoms with van der Waals surface area (Å²) in [4.78, 5) is 23.9. The molecule has 8 nitrogen and oxygen atoms in total. The van der Waals surface area contributed by atoms with Crippen LogP contribution < -0.4 is 10.3 Å². The Kier molecular flexibility index (Phi) is 4.38. The molecule has 2 heterocycles. The first-order chi connectivity index (χ1) is 11.1. The molecule has 3 rings (SSSR count). The minimum atomic E-state index is -0.285. The molecule has 1 N–H and O–H groups in total. The van der Waals surface area contributed by atoms with Crippen LogP contribution in [0.1, 0.15) is 12.3 Å². The summed E-state index contributed by atoms with van der Waals surface area (Å²) in [5.74, 6) is 0.391. The maximum absolute atomic E-state index is 12.0. The molecular formula is C14H13N5O3S. The molecule has 2 amide bonds. The zero-order valence-electron chi connectivity index (χ0n) is 12.2. The number of nitrogens with one attached hydrogen (secondary N) is 1. The van der Waals surface area contributed by atoms with Gasteiger partial charge in [0.25, 0.3) is 11.1 Å². The van der Waals surface area contributed by atoms with Gasteiger partial charge in [-0.3, -0.25) is 9.59 Å². The van der Waals surface area contributed by atoms with Crippen molar-refractivity contribution in [2.45, 2.75) is 18.6 Å². The van der Waals surface area contributed by atoms with Gasteiger partial charge in [0.1, 0.15) is 5.84 Å². The maximum atomic E-state index is 12.0. The molecule has 0 bridgehead atoms. The van der Waals surface area contributed by atoms with Crippen molar-refractivity contribution in [3.8, 4) is 0 Å². The fourth-order valence-corrected chi connectivity index (χ4v) is 2.54. The Morgan fingerprint density at radius 1 is 1.35 bits per heavy atom. The van der Waals surface area contributed by atoms with Gasteiger partial charge in [0, 0.05) is 6.92 Å². The molecule has 1 aliphatic heterocycles. The number of hydrogen-bond acceptors (Lipinski definition) is 7. The molecular weight excluding hydrogens is 318 g/mol. The van der Waals surface area contributed by atoms with Gasteiger partial charge in [0.2, 0.25) is 11.8 Å². The number of carbonyl (C=O) groups excluding carboxylic acids is 2. The Morgan fingerprint density at radius 2 is 2.13 bits per heavy atom. The number of rotatable bonds is 4. The second kappa shape index (κ2) is 6.61. The van der Waals surface area contributed by atoms with Crippen LogP contribution in [0.4, 0.5) is 5.69 Å². The van der Waals surface area contributed by atoms with E-state index in [2.05, 4.69) is 20.6 Å². The van der Waals surface area contributed by atoms with Gasteiger partial charge in [0.15, 0.2) is 0 Å². The van der Waals surface area contributed by atoms with Gasteiger partial charge < -0.3 is 9.73 Å². The zero-order chi connectivity index (χ0) is 16.2. The minimum Gasteiger partial charge on any atom is -0.416 e. The molecule has 0 aliphatic carbocycles. The van der Waals surface area contributed by atoms with Crippen molar-refractivity contribution in [3.63, 3.8) is 0 Å². The maximum Gasteiger partial charge on any atom is 0.277 e. The number of hydrogen-bond donors (Lipinski definition) is 1. The Bertz CT molecular complexity index is 759. The first-order valence-electron chi connectivity index (χ1n) is 6.80. The van der Waals surface area contributed by atoms with E-state index in [4.69, 9.17) is 4.42 Å². The minimum absolute atomic E-state index is 0.0605. The monoisotopic (exact) mass is 331 g/mol. The molecule has 0 spiro atoms. The lowest BCUT2D eigenvalue weighted by atomic mass is 10.3. The van der Waals surface area contributed by atoms with Crippen molar-refractivity contribution in [2.24, 2.45) is 5.10 Å². The number of thioether (sulfide) groups is 1. The van der Waals surface area contributed by atoms with Crippen molar-refractivity contribution in [1.82, 2.24) is 15.5 Å². The molecule has 1 aromatic carbocycles. The second-order valence-electron chi connectivity index (χ2n) is 4.69.